The fraction of sp³-hybridized carbons (Fsp3) is 0.375. The lowest BCUT2D eigenvalue weighted by Crippen LogP contribution is -2.41. The number of allylic oxidation sites excluding steroid dienone is 1. The summed E-state index contributed by atoms with van der Waals surface area (Å²) in [5.74, 6) is 1.87. The van der Waals surface area contributed by atoms with Crippen molar-refractivity contribution in [3.05, 3.63) is 47.1 Å². The lowest BCUT2D eigenvalue weighted by atomic mass is 9.88. The zero-order valence-corrected chi connectivity index (χ0v) is 19.6. The molecule has 7 nitrogen and oxygen atoms in total. The Bertz CT molecular complexity index is 1200. The molecule has 2 aliphatic carbocycles. The summed E-state index contributed by atoms with van der Waals surface area (Å²) in [7, 11) is 0. The number of benzene rings is 1. The molecule has 32 heavy (non-hydrogen) atoms. The predicted molar refractivity (Wildman–Crippen MR) is 128 cm³/mol. The number of aromatic amines is 1. The number of hydrogen-bond acceptors (Lipinski definition) is 5. The highest BCUT2D eigenvalue weighted by Gasteiger charge is 2.47. The summed E-state index contributed by atoms with van der Waals surface area (Å²) in [4.78, 5) is 24.8. The van der Waals surface area contributed by atoms with Crippen molar-refractivity contribution in [2.24, 2.45) is 29.4 Å². The van der Waals surface area contributed by atoms with Crippen LogP contribution in [0.25, 0.3) is 22.6 Å². The Kier molecular flexibility index (Phi) is 5.41. The fourth-order valence-corrected chi connectivity index (χ4v) is 5.24. The number of primary amides is 1. The number of aromatic nitrogens is 3. The van der Waals surface area contributed by atoms with Crippen LogP contribution in [0.2, 0.25) is 0 Å². The smallest absolute Gasteiger partial charge is 0.223 e. The summed E-state index contributed by atoms with van der Waals surface area (Å²) in [5, 5.41) is 3.59. The number of H-pyrrole nitrogens is 1. The van der Waals surface area contributed by atoms with Crippen molar-refractivity contribution in [3.63, 3.8) is 0 Å². The number of hydrogen-bond donors (Lipinski definition) is 3. The molecule has 3 aromatic rings. The van der Waals surface area contributed by atoms with Crippen LogP contribution in [-0.2, 0) is 4.79 Å². The van der Waals surface area contributed by atoms with Crippen LogP contribution in [0.3, 0.4) is 0 Å². The molecular formula is C24H26BrN5O2. The molecule has 5 rings (SSSR count). The molecule has 2 aromatic heterocycles. The van der Waals surface area contributed by atoms with E-state index in [2.05, 4.69) is 57.2 Å². The third-order valence-electron chi connectivity index (χ3n) is 6.29. The molecule has 1 amide bonds. The number of nitrogens with zero attached hydrogens (tertiary/aromatic N) is 2. The van der Waals surface area contributed by atoms with Gasteiger partial charge in [-0.1, -0.05) is 38.1 Å². The number of para-hydroxylation sites is 1. The predicted octanol–water partition coefficient (Wildman–Crippen LogP) is 4.51. The van der Waals surface area contributed by atoms with E-state index < -0.39 is 0 Å². The standard InChI is InChI=1S/C24H26BrN5O2/c1-12(2)11-32-17-6-4-3-5-15(17)23-29-21-20(16(25)10-27-24(21)30-23)28-19-14-8-7-13(9-14)18(19)22(26)31/h3-8,10,12-14,18-19H,9,11H2,1-2H3,(H2,26,31)(H2,27,28,29,30)/t13-,14+,18+,19-/m1/s1. The van der Waals surface area contributed by atoms with Gasteiger partial charge in [-0.2, -0.15) is 0 Å². The molecule has 1 saturated carbocycles. The Labute approximate surface area is 195 Å². The Hall–Kier alpha value is -2.87. The molecule has 166 valence electrons. The Morgan fingerprint density at radius 3 is 2.88 bits per heavy atom. The molecule has 8 heteroatoms. The number of imidazole rings is 1. The molecule has 0 saturated heterocycles. The molecule has 2 heterocycles. The van der Waals surface area contributed by atoms with Crippen LogP contribution >= 0.6 is 15.9 Å². The topological polar surface area (TPSA) is 106 Å². The Morgan fingerprint density at radius 2 is 2.09 bits per heavy atom. The zero-order valence-electron chi connectivity index (χ0n) is 18.0. The highest BCUT2D eigenvalue weighted by atomic mass is 79.9. The summed E-state index contributed by atoms with van der Waals surface area (Å²) in [5.41, 5.74) is 8.85. The maximum absolute atomic E-state index is 12.2. The second kappa shape index (κ2) is 8.24. The van der Waals surface area contributed by atoms with E-state index in [1.54, 1.807) is 6.20 Å². The average Bonchev–Trinajstić information content (AvgIpc) is 3.48. The first-order valence-electron chi connectivity index (χ1n) is 10.9. The van der Waals surface area contributed by atoms with Gasteiger partial charge in [0.2, 0.25) is 5.91 Å². The summed E-state index contributed by atoms with van der Waals surface area (Å²) in [6.45, 7) is 4.86. The Balaban J connectivity index is 1.52. The second-order valence-corrected chi connectivity index (χ2v) is 9.87. The number of nitrogens with one attached hydrogen (secondary N) is 2. The monoisotopic (exact) mass is 495 g/mol. The van der Waals surface area contributed by atoms with Gasteiger partial charge in [-0.15, -0.1) is 0 Å². The van der Waals surface area contributed by atoms with E-state index in [0.717, 1.165) is 33.4 Å². The number of carbonyl (C=O) groups is 1. The van der Waals surface area contributed by atoms with Crippen LogP contribution in [0.4, 0.5) is 5.69 Å². The molecule has 4 atom stereocenters. The summed E-state index contributed by atoms with van der Waals surface area (Å²) in [6.07, 6.45) is 7.00. The summed E-state index contributed by atoms with van der Waals surface area (Å²) in [6, 6.07) is 7.80. The number of amides is 1. The van der Waals surface area contributed by atoms with Gasteiger partial charge in [0.1, 0.15) is 17.1 Å². The van der Waals surface area contributed by atoms with E-state index in [1.807, 2.05) is 24.3 Å². The maximum Gasteiger partial charge on any atom is 0.223 e. The minimum atomic E-state index is -0.262. The van der Waals surface area contributed by atoms with Gasteiger partial charge in [-0.05, 0) is 52.2 Å². The zero-order chi connectivity index (χ0) is 22.4. The molecule has 0 aliphatic heterocycles. The highest BCUT2D eigenvalue weighted by Crippen LogP contribution is 2.46. The maximum atomic E-state index is 12.2. The minimum absolute atomic E-state index is 0.0576. The van der Waals surface area contributed by atoms with Gasteiger partial charge in [0.15, 0.2) is 5.65 Å². The van der Waals surface area contributed by atoms with Crippen LogP contribution in [-0.4, -0.2) is 33.5 Å². The number of nitrogens with two attached hydrogens (primary N) is 1. The third kappa shape index (κ3) is 3.66. The molecule has 2 bridgehead atoms. The molecule has 1 fully saturated rings. The molecule has 0 radical (unpaired) electrons. The van der Waals surface area contributed by atoms with Crippen molar-refractivity contribution >= 4 is 38.7 Å². The molecule has 2 aliphatic rings. The number of anilines is 1. The number of ether oxygens (including phenoxy) is 1. The molecule has 1 aromatic carbocycles. The van der Waals surface area contributed by atoms with Crippen molar-refractivity contribution in [3.8, 4) is 17.1 Å². The van der Waals surface area contributed by atoms with Crippen molar-refractivity contribution < 1.29 is 9.53 Å². The molecular weight excluding hydrogens is 470 g/mol. The Morgan fingerprint density at radius 1 is 1.31 bits per heavy atom. The summed E-state index contributed by atoms with van der Waals surface area (Å²) >= 11 is 3.62. The quantitative estimate of drug-likeness (QED) is 0.418. The van der Waals surface area contributed by atoms with Crippen LogP contribution < -0.4 is 15.8 Å². The fourth-order valence-electron chi connectivity index (χ4n) is 4.82. The first-order chi connectivity index (χ1) is 15.4. The van der Waals surface area contributed by atoms with E-state index in [-0.39, 0.29) is 29.7 Å². The van der Waals surface area contributed by atoms with Crippen LogP contribution in [0.5, 0.6) is 5.75 Å². The van der Waals surface area contributed by atoms with Crippen LogP contribution in [0.15, 0.2) is 47.1 Å². The SMILES string of the molecule is CC(C)COc1ccccc1-c1nc2ncc(Br)c(N[C@H]3[C@@H](C(N)=O)[C@@H]4C=C[C@H]3C4)c2[nH]1. The molecule has 0 unspecified atom stereocenters. The first-order valence-corrected chi connectivity index (χ1v) is 11.7. The van der Waals surface area contributed by atoms with Gasteiger partial charge in [-0.25, -0.2) is 9.97 Å². The highest BCUT2D eigenvalue weighted by molar-refractivity contribution is 9.10. The van der Waals surface area contributed by atoms with E-state index in [9.17, 15) is 4.79 Å². The van der Waals surface area contributed by atoms with Gasteiger partial charge in [-0.3, -0.25) is 4.79 Å². The first kappa shape index (κ1) is 21.0. The molecule has 0 spiro atoms. The van der Waals surface area contributed by atoms with Crippen molar-refractivity contribution in [2.45, 2.75) is 26.3 Å². The van der Waals surface area contributed by atoms with Crippen LogP contribution in [0, 0.1) is 23.7 Å². The van der Waals surface area contributed by atoms with Crippen molar-refractivity contribution in [1.29, 1.82) is 0 Å². The van der Waals surface area contributed by atoms with E-state index >= 15 is 0 Å². The lowest BCUT2D eigenvalue weighted by Gasteiger charge is -2.28. The van der Waals surface area contributed by atoms with Crippen molar-refractivity contribution in [2.75, 3.05) is 11.9 Å². The largest absolute Gasteiger partial charge is 0.493 e. The lowest BCUT2D eigenvalue weighted by molar-refractivity contribution is -0.122. The van der Waals surface area contributed by atoms with Crippen LogP contribution in [0.1, 0.15) is 20.3 Å². The van der Waals surface area contributed by atoms with Gasteiger partial charge in [0, 0.05) is 12.2 Å². The number of pyridine rings is 1. The normalized spacial score (nSPS) is 23.9. The number of halogens is 1. The van der Waals surface area contributed by atoms with Gasteiger partial charge in [0.25, 0.3) is 0 Å². The summed E-state index contributed by atoms with van der Waals surface area (Å²) < 4.78 is 6.83. The second-order valence-electron chi connectivity index (χ2n) is 9.01. The number of fused-ring (bicyclic) bond motifs is 3. The van der Waals surface area contributed by atoms with Gasteiger partial charge in [0.05, 0.1) is 28.2 Å². The number of rotatable bonds is 7. The minimum Gasteiger partial charge on any atom is -0.493 e. The van der Waals surface area contributed by atoms with Crippen molar-refractivity contribution in [1.82, 2.24) is 15.0 Å². The van der Waals surface area contributed by atoms with E-state index in [0.29, 0.717) is 24.0 Å². The van der Waals surface area contributed by atoms with Gasteiger partial charge >= 0.3 is 0 Å². The van der Waals surface area contributed by atoms with Gasteiger partial charge < -0.3 is 20.8 Å². The average molecular weight is 496 g/mol. The number of carbonyl (C=O) groups excluding carboxylic acids is 1. The molecule has 4 N–H and O–H groups in total. The third-order valence-corrected chi connectivity index (χ3v) is 6.89. The van der Waals surface area contributed by atoms with E-state index in [1.165, 1.54) is 0 Å². The van der Waals surface area contributed by atoms with E-state index in [4.69, 9.17) is 15.5 Å².